The topological polar surface area (TPSA) is 35.8 Å². The lowest BCUT2D eigenvalue weighted by molar-refractivity contribution is 0.275. The standard InChI is InChI=1S/C10H18N2/c1-9(2)7-10(8-11)5-3-4-6-12-10/h9,12H,3-7H2,1-2H3. The number of hydrogen-bond acceptors (Lipinski definition) is 2. The zero-order chi connectivity index (χ0) is 9.03. The normalized spacial score (nSPS) is 30.2. The van der Waals surface area contributed by atoms with Crippen molar-refractivity contribution in [2.45, 2.75) is 45.1 Å². The zero-order valence-corrected chi connectivity index (χ0v) is 8.06. The molecule has 1 heterocycles. The van der Waals surface area contributed by atoms with Gasteiger partial charge in [0.1, 0.15) is 5.54 Å². The highest BCUT2D eigenvalue weighted by Crippen LogP contribution is 2.25. The van der Waals surface area contributed by atoms with Crippen LogP contribution in [-0.4, -0.2) is 12.1 Å². The highest BCUT2D eigenvalue weighted by Gasteiger charge is 2.31. The van der Waals surface area contributed by atoms with Gasteiger partial charge in [0, 0.05) is 0 Å². The van der Waals surface area contributed by atoms with Gasteiger partial charge in [0.25, 0.3) is 0 Å². The summed E-state index contributed by atoms with van der Waals surface area (Å²) in [7, 11) is 0. The summed E-state index contributed by atoms with van der Waals surface area (Å²) >= 11 is 0. The van der Waals surface area contributed by atoms with E-state index in [-0.39, 0.29) is 5.54 Å². The first-order valence-electron chi connectivity index (χ1n) is 4.85. The fraction of sp³-hybridized carbons (Fsp3) is 0.900. The van der Waals surface area contributed by atoms with Crippen LogP contribution in [0.3, 0.4) is 0 Å². The highest BCUT2D eigenvalue weighted by atomic mass is 15.0. The van der Waals surface area contributed by atoms with Crippen LogP contribution in [0.25, 0.3) is 0 Å². The number of piperidine rings is 1. The van der Waals surface area contributed by atoms with Crippen LogP contribution < -0.4 is 5.32 Å². The van der Waals surface area contributed by atoms with Crippen LogP contribution >= 0.6 is 0 Å². The van der Waals surface area contributed by atoms with E-state index in [4.69, 9.17) is 5.26 Å². The van der Waals surface area contributed by atoms with E-state index in [1.54, 1.807) is 0 Å². The molecule has 1 aliphatic rings. The molecule has 0 aromatic carbocycles. The van der Waals surface area contributed by atoms with Gasteiger partial charge in [-0.05, 0) is 38.1 Å². The Bertz CT molecular complexity index is 173. The Morgan fingerprint density at radius 1 is 1.50 bits per heavy atom. The molecule has 0 amide bonds. The predicted molar refractivity (Wildman–Crippen MR) is 49.7 cm³/mol. The Hall–Kier alpha value is -0.550. The van der Waals surface area contributed by atoms with Gasteiger partial charge in [0.15, 0.2) is 0 Å². The van der Waals surface area contributed by atoms with Crippen LogP contribution in [-0.2, 0) is 0 Å². The second-order valence-electron chi connectivity index (χ2n) is 4.18. The Balaban J connectivity index is 2.55. The van der Waals surface area contributed by atoms with Gasteiger partial charge in [-0.25, -0.2) is 0 Å². The Morgan fingerprint density at radius 2 is 2.25 bits per heavy atom. The molecule has 0 saturated carbocycles. The molecule has 1 N–H and O–H groups in total. The SMILES string of the molecule is CC(C)CC1(C#N)CCCCN1. The number of nitrogens with one attached hydrogen (secondary N) is 1. The monoisotopic (exact) mass is 166 g/mol. The van der Waals surface area contributed by atoms with Gasteiger partial charge < -0.3 is 0 Å². The van der Waals surface area contributed by atoms with Crippen LogP contribution in [0.2, 0.25) is 0 Å². The van der Waals surface area contributed by atoms with Crippen molar-refractivity contribution < 1.29 is 0 Å². The lowest BCUT2D eigenvalue weighted by atomic mass is 9.83. The summed E-state index contributed by atoms with van der Waals surface area (Å²) < 4.78 is 0. The van der Waals surface area contributed by atoms with Crippen molar-refractivity contribution in [1.82, 2.24) is 5.32 Å². The maximum atomic E-state index is 9.08. The third kappa shape index (κ3) is 2.22. The molecule has 1 atom stereocenters. The van der Waals surface area contributed by atoms with E-state index >= 15 is 0 Å². The van der Waals surface area contributed by atoms with Crippen LogP contribution in [0, 0.1) is 17.2 Å². The Morgan fingerprint density at radius 3 is 2.67 bits per heavy atom. The molecule has 2 heteroatoms. The van der Waals surface area contributed by atoms with Crippen LogP contribution in [0.1, 0.15) is 39.5 Å². The van der Waals surface area contributed by atoms with E-state index in [9.17, 15) is 0 Å². The van der Waals surface area contributed by atoms with Gasteiger partial charge in [0.2, 0.25) is 0 Å². The molecule has 0 aromatic heterocycles. The Kier molecular flexibility index (Phi) is 3.11. The fourth-order valence-electron chi connectivity index (χ4n) is 1.98. The summed E-state index contributed by atoms with van der Waals surface area (Å²) in [6, 6.07) is 2.44. The van der Waals surface area contributed by atoms with Crippen LogP contribution in [0.5, 0.6) is 0 Å². The maximum Gasteiger partial charge on any atom is 0.107 e. The summed E-state index contributed by atoms with van der Waals surface area (Å²) in [6.45, 7) is 5.37. The van der Waals surface area contributed by atoms with Crippen molar-refractivity contribution in [2.24, 2.45) is 5.92 Å². The third-order valence-electron chi connectivity index (χ3n) is 2.46. The van der Waals surface area contributed by atoms with Gasteiger partial charge in [-0.2, -0.15) is 5.26 Å². The van der Waals surface area contributed by atoms with Crippen molar-refractivity contribution in [3.05, 3.63) is 0 Å². The zero-order valence-electron chi connectivity index (χ0n) is 8.06. The number of nitriles is 1. The minimum Gasteiger partial charge on any atom is -0.299 e. The van der Waals surface area contributed by atoms with Gasteiger partial charge in [-0.15, -0.1) is 0 Å². The summed E-state index contributed by atoms with van der Waals surface area (Å²) in [5, 5.41) is 12.4. The molecule has 0 radical (unpaired) electrons. The molecule has 0 aromatic rings. The molecule has 0 aliphatic carbocycles. The maximum absolute atomic E-state index is 9.08. The lowest BCUT2D eigenvalue weighted by Crippen LogP contribution is -2.48. The summed E-state index contributed by atoms with van der Waals surface area (Å²) in [6.07, 6.45) is 4.44. The first-order valence-corrected chi connectivity index (χ1v) is 4.85. The van der Waals surface area contributed by atoms with Crippen molar-refractivity contribution in [1.29, 1.82) is 5.26 Å². The molecule has 1 saturated heterocycles. The van der Waals surface area contributed by atoms with E-state index in [1.165, 1.54) is 12.8 Å². The summed E-state index contributed by atoms with van der Waals surface area (Å²) in [5.74, 6) is 0.607. The van der Waals surface area contributed by atoms with Crippen LogP contribution in [0.15, 0.2) is 0 Å². The average Bonchev–Trinajstić information content (AvgIpc) is 2.05. The molecule has 0 spiro atoms. The van der Waals surface area contributed by atoms with E-state index in [0.717, 1.165) is 19.4 Å². The van der Waals surface area contributed by atoms with Crippen molar-refractivity contribution in [3.63, 3.8) is 0 Å². The molecule has 0 bridgehead atoms. The Labute approximate surface area is 75.0 Å². The smallest absolute Gasteiger partial charge is 0.107 e. The second kappa shape index (κ2) is 3.91. The largest absolute Gasteiger partial charge is 0.299 e. The van der Waals surface area contributed by atoms with Gasteiger partial charge in [0.05, 0.1) is 6.07 Å². The quantitative estimate of drug-likeness (QED) is 0.681. The molecular weight excluding hydrogens is 148 g/mol. The third-order valence-corrected chi connectivity index (χ3v) is 2.46. The highest BCUT2D eigenvalue weighted by molar-refractivity contribution is 5.08. The van der Waals surface area contributed by atoms with Gasteiger partial charge >= 0.3 is 0 Å². The van der Waals surface area contributed by atoms with E-state index in [1.807, 2.05) is 0 Å². The first kappa shape index (κ1) is 9.54. The molecular formula is C10H18N2. The summed E-state index contributed by atoms with van der Waals surface area (Å²) in [5.41, 5.74) is -0.202. The van der Waals surface area contributed by atoms with Crippen molar-refractivity contribution in [2.75, 3.05) is 6.54 Å². The average molecular weight is 166 g/mol. The minimum absolute atomic E-state index is 0.202. The molecule has 1 aliphatic heterocycles. The molecule has 1 fully saturated rings. The van der Waals surface area contributed by atoms with Crippen molar-refractivity contribution in [3.8, 4) is 6.07 Å². The van der Waals surface area contributed by atoms with E-state index < -0.39 is 0 Å². The van der Waals surface area contributed by atoms with Crippen molar-refractivity contribution >= 4 is 0 Å². The molecule has 2 nitrogen and oxygen atoms in total. The van der Waals surface area contributed by atoms with E-state index in [0.29, 0.717) is 5.92 Å². The molecule has 68 valence electrons. The predicted octanol–water partition coefficient (Wildman–Crippen LogP) is 2.07. The number of nitrogens with zero attached hydrogens (tertiary/aromatic N) is 1. The molecule has 1 unspecified atom stereocenters. The fourth-order valence-corrected chi connectivity index (χ4v) is 1.98. The van der Waals surface area contributed by atoms with Gasteiger partial charge in [-0.3, -0.25) is 5.32 Å². The number of rotatable bonds is 2. The number of hydrogen-bond donors (Lipinski definition) is 1. The first-order chi connectivity index (χ1) is 5.68. The van der Waals surface area contributed by atoms with Crippen LogP contribution in [0.4, 0.5) is 0 Å². The van der Waals surface area contributed by atoms with E-state index in [2.05, 4.69) is 25.2 Å². The van der Waals surface area contributed by atoms with Gasteiger partial charge in [-0.1, -0.05) is 13.8 Å². The summed E-state index contributed by atoms with van der Waals surface area (Å²) in [4.78, 5) is 0. The minimum atomic E-state index is -0.202. The second-order valence-corrected chi connectivity index (χ2v) is 4.18. The lowest BCUT2D eigenvalue weighted by Gasteiger charge is -2.33. The molecule has 12 heavy (non-hydrogen) atoms. The molecule has 1 rings (SSSR count).